The van der Waals surface area contributed by atoms with Crippen LogP contribution in [0.25, 0.3) is 0 Å². The van der Waals surface area contributed by atoms with Crippen molar-refractivity contribution in [2.75, 3.05) is 33.3 Å². The van der Waals surface area contributed by atoms with E-state index >= 15 is 0 Å². The molecule has 1 saturated heterocycles. The molecule has 1 aromatic carbocycles. The highest BCUT2D eigenvalue weighted by molar-refractivity contribution is 5.91. The number of carbonyl (C=O) groups excluding carboxylic acids is 2. The second-order valence-corrected chi connectivity index (χ2v) is 8.13. The van der Waals surface area contributed by atoms with Crippen molar-refractivity contribution in [3.8, 4) is 5.75 Å². The summed E-state index contributed by atoms with van der Waals surface area (Å²) >= 11 is 0. The molecule has 1 aliphatic heterocycles. The first kappa shape index (κ1) is 23.3. The number of rotatable bonds is 8. The summed E-state index contributed by atoms with van der Waals surface area (Å²) < 4.78 is 12.2. The lowest BCUT2D eigenvalue weighted by Crippen LogP contribution is -2.48. The van der Waals surface area contributed by atoms with E-state index < -0.39 is 0 Å². The van der Waals surface area contributed by atoms with E-state index in [1.807, 2.05) is 30.3 Å². The molecule has 0 unspecified atom stereocenters. The molecule has 178 valence electrons. The number of furan rings is 1. The van der Waals surface area contributed by atoms with Crippen molar-refractivity contribution in [3.05, 3.63) is 88.2 Å². The van der Waals surface area contributed by atoms with Crippen molar-refractivity contribution >= 4 is 11.8 Å². The molecule has 3 heterocycles. The van der Waals surface area contributed by atoms with Gasteiger partial charge in [-0.05, 0) is 17.7 Å². The van der Waals surface area contributed by atoms with E-state index in [-0.39, 0.29) is 29.5 Å². The zero-order chi connectivity index (χ0) is 23.9. The standard InChI is InChI=1S/C25H28N4O5/c1-33-23-17-29(18-24(31)26-15-19-6-3-2-4-7-19)20(14-21(23)30)16-27-9-11-28(12-10-27)25(32)22-8-5-13-34-22/h2-8,13-14,17H,9-12,15-16,18H2,1H3,(H,26,31). The Morgan fingerprint density at radius 2 is 1.82 bits per heavy atom. The maximum Gasteiger partial charge on any atom is 0.289 e. The Labute approximate surface area is 197 Å². The normalized spacial score (nSPS) is 14.1. The summed E-state index contributed by atoms with van der Waals surface area (Å²) in [5.74, 6) is 0.234. The Morgan fingerprint density at radius 1 is 1.06 bits per heavy atom. The summed E-state index contributed by atoms with van der Waals surface area (Å²) in [7, 11) is 1.44. The molecule has 1 N–H and O–H groups in total. The van der Waals surface area contributed by atoms with E-state index in [9.17, 15) is 14.4 Å². The number of nitrogens with one attached hydrogen (secondary N) is 1. The molecule has 0 bridgehead atoms. The second kappa shape index (κ2) is 10.8. The maximum absolute atomic E-state index is 12.6. The number of amides is 2. The summed E-state index contributed by atoms with van der Waals surface area (Å²) in [6.07, 6.45) is 3.07. The third kappa shape index (κ3) is 5.74. The van der Waals surface area contributed by atoms with Crippen LogP contribution in [0.5, 0.6) is 5.75 Å². The van der Waals surface area contributed by atoms with Gasteiger partial charge >= 0.3 is 0 Å². The fourth-order valence-corrected chi connectivity index (χ4v) is 3.93. The highest BCUT2D eigenvalue weighted by Crippen LogP contribution is 2.14. The monoisotopic (exact) mass is 464 g/mol. The predicted octanol–water partition coefficient (Wildman–Crippen LogP) is 1.72. The molecular formula is C25H28N4O5. The Kier molecular flexibility index (Phi) is 7.44. The molecule has 0 radical (unpaired) electrons. The van der Waals surface area contributed by atoms with Gasteiger partial charge in [-0.25, -0.2) is 0 Å². The van der Waals surface area contributed by atoms with Gasteiger partial charge in [0.25, 0.3) is 5.91 Å². The highest BCUT2D eigenvalue weighted by Gasteiger charge is 2.24. The summed E-state index contributed by atoms with van der Waals surface area (Å²) in [5, 5.41) is 2.92. The molecule has 9 nitrogen and oxygen atoms in total. The van der Waals surface area contributed by atoms with Gasteiger partial charge in [0.1, 0.15) is 6.54 Å². The zero-order valence-corrected chi connectivity index (χ0v) is 19.1. The van der Waals surface area contributed by atoms with Crippen LogP contribution in [0.4, 0.5) is 0 Å². The van der Waals surface area contributed by atoms with E-state index in [2.05, 4.69) is 10.2 Å². The third-order valence-corrected chi connectivity index (χ3v) is 5.83. The van der Waals surface area contributed by atoms with Gasteiger partial charge in [0.15, 0.2) is 11.5 Å². The Balaban J connectivity index is 1.40. The number of piperazine rings is 1. The molecule has 2 amide bonds. The van der Waals surface area contributed by atoms with Crippen LogP contribution in [-0.2, 0) is 24.4 Å². The number of hydrogen-bond acceptors (Lipinski definition) is 6. The average molecular weight is 465 g/mol. The van der Waals surface area contributed by atoms with Crippen molar-refractivity contribution in [2.45, 2.75) is 19.6 Å². The van der Waals surface area contributed by atoms with Crippen LogP contribution in [0.2, 0.25) is 0 Å². The molecule has 2 aromatic heterocycles. The molecule has 0 atom stereocenters. The van der Waals surface area contributed by atoms with Crippen LogP contribution in [0.1, 0.15) is 21.8 Å². The first-order valence-electron chi connectivity index (χ1n) is 11.2. The van der Waals surface area contributed by atoms with E-state index in [0.717, 1.165) is 5.56 Å². The summed E-state index contributed by atoms with van der Waals surface area (Å²) in [6.45, 7) is 3.37. The Bertz CT molecular complexity index is 1170. The molecule has 0 aliphatic carbocycles. The van der Waals surface area contributed by atoms with E-state index in [4.69, 9.17) is 9.15 Å². The topological polar surface area (TPSA) is 97.0 Å². The van der Waals surface area contributed by atoms with Crippen LogP contribution in [0, 0.1) is 0 Å². The number of aromatic nitrogens is 1. The number of ether oxygens (including phenoxy) is 1. The average Bonchev–Trinajstić information content (AvgIpc) is 3.40. The van der Waals surface area contributed by atoms with Crippen LogP contribution < -0.4 is 15.5 Å². The molecule has 1 aliphatic rings. The molecule has 3 aromatic rings. The molecular weight excluding hydrogens is 436 g/mol. The second-order valence-electron chi connectivity index (χ2n) is 8.13. The van der Waals surface area contributed by atoms with Gasteiger partial charge in [0, 0.05) is 51.0 Å². The maximum atomic E-state index is 12.6. The highest BCUT2D eigenvalue weighted by atomic mass is 16.5. The molecule has 0 spiro atoms. The van der Waals surface area contributed by atoms with Gasteiger partial charge in [-0.1, -0.05) is 30.3 Å². The van der Waals surface area contributed by atoms with Crippen LogP contribution in [0.3, 0.4) is 0 Å². The van der Waals surface area contributed by atoms with Crippen molar-refractivity contribution in [1.29, 1.82) is 0 Å². The number of carbonyl (C=O) groups is 2. The fourth-order valence-electron chi connectivity index (χ4n) is 3.93. The Hall–Kier alpha value is -3.85. The van der Waals surface area contributed by atoms with Crippen molar-refractivity contribution < 1.29 is 18.7 Å². The van der Waals surface area contributed by atoms with Gasteiger partial charge in [-0.15, -0.1) is 0 Å². The minimum atomic E-state index is -0.231. The minimum Gasteiger partial charge on any atom is -0.491 e. The quantitative estimate of drug-likeness (QED) is 0.545. The lowest BCUT2D eigenvalue weighted by Gasteiger charge is -2.34. The zero-order valence-electron chi connectivity index (χ0n) is 19.1. The molecule has 34 heavy (non-hydrogen) atoms. The lowest BCUT2D eigenvalue weighted by molar-refractivity contribution is -0.121. The van der Waals surface area contributed by atoms with Gasteiger partial charge in [0.05, 0.1) is 19.6 Å². The predicted molar refractivity (Wildman–Crippen MR) is 125 cm³/mol. The SMILES string of the molecule is COc1cn(CC(=O)NCc2ccccc2)c(CN2CCN(C(=O)c3ccco3)CC2)cc1=O. The molecule has 1 fully saturated rings. The number of benzene rings is 1. The van der Waals surface area contributed by atoms with Crippen molar-refractivity contribution in [3.63, 3.8) is 0 Å². The first-order chi connectivity index (χ1) is 16.5. The molecule has 9 heteroatoms. The van der Waals surface area contributed by atoms with Crippen LogP contribution >= 0.6 is 0 Å². The summed E-state index contributed by atoms with van der Waals surface area (Å²) in [5.41, 5.74) is 1.49. The smallest absolute Gasteiger partial charge is 0.289 e. The van der Waals surface area contributed by atoms with Gasteiger partial charge in [-0.3, -0.25) is 19.3 Å². The third-order valence-electron chi connectivity index (χ3n) is 5.83. The lowest BCUT2D eigenvalue weighted by atomic mass is 10.2. The Morgan fingerprint density at radius 3 is 2.50 bits per heavy atom. The number of methoxy groups -OCH3 is 1. The van der Waals surface area contributed by atoms with Gasteiger partial charge in [0.2, 0.25) is 11.3 Å². The van der Waals surface area contributed by atoms with Gasteiger partial charge < -0.3 is 23.9 Å². The first-order valence-corrected chi connectivity index (χ1v) is 11.2. The minimum absolute atomic E-state index is 0.0652. The van der Waals surface area contributed by atoms with E-state index in [1.54, 1.807) is 27.8 Å². The van der Waals surface area contributed by atoms with E-state index in [1.165, 1.54) is 19.4 Å². The number of nitrogens with zero attached hydrogens (tertiary/aromatic N) is 3. The van der Waals surface area contributed by atoms with E-state index in [0.29, 0.717) is 50.7 Å². The fraction of sp³-hybridized carbons (Fsp3) is 0.320. The van der Waals surface area contributed by atoms with Crippen LogP contribution in [-0.4, -0.2) is 59.5 Å². The summed E-state index contributed by atoms with van der Waals surface area (Å²) in [6, 6.07) is 14.5. The van der Waals surface area contributed by atoms with Crippen molar-refractivity contribution in [2.24, 2.45) is 0 Å². The summed E-state index contributed by atoms with van der Waals surface area (Å²) in [4.78, 5) is 41.4. The molecule has 0 saturated carbocycles. The van der Waals surface area contributed by atoms with Crippen molar-refractivity contribution in [1.82, 2.24) is 19.7 Å². The van der Waals surface area contributed by atoms with Gasteiger partial charge in [-0.2, -0.15) is 0 Å². The van der Waals surface area contributed by atoms with Crippen LogP contribution in [0.15, 0.2) is 70.2 Å². The molecule has 4 rings (SSSR count). The number of hydrogen-bond donors (Lipinski definition) is 1. The number of pyridine rings is 1. The largest absolute Gasteiger partial charge is 0.491 e.